The number of nitrogens with zero attached hydrogens (tertiary/aromatic N) is 2. The maximum absolute atomic E-state index is 9.19. The minimum absolute atomic E-state index is 0.353. The number of aryl methyl sites for hydroxylation is 2. The van der Waals surface area contributed by atoms with Gasteiger partial charge in [-0.05, 0) is 40.2 Å². The molecule has 0 radical (unpaired) electrons. The van der Waals surface area contributed by atoms with Gasteiger partial charge in [0.2, 0.25) is 0 Å². The zero-order valence-corrected chi connectivity index (χ0v) is 11.2. The van der Waals surface area contributed by atoms with Gasteiger partial charge in [0.25, 0.3) is 5.22 Å². The van der Waals surface area contributed by atoms with Gasteiger partial charge < -0.3 is 9.73 Å². The average molecular weight is 251 g/mol. The van der Waals surface area contributed by atoms with E-state index in [4.69, 9.17) is 4.42 Å². The van der Waals surface area contributed by atoms with Gasteiger partial charge in [0.1, 0.15) is 11.3 Å². The Balaban J connectivity index is 2.01. The fourth-order valence-corrected chi connectivity index (χ4v) is 3.37. The van der Waals surface area contributed by atoms with Crippen LogP contribution in [0.2, 0.25) is 0 Å². The van der Waals surface area contributed by atoms with Crippen molar-refractivity contribution in [3.05, 3.63) is 11.5 Å². The molecular weight excluding hydrogens is 234 g/mol. The van der Waals surface area contributed by atoms with Crippen LogP contribution in [-0.4, -0.2) is 22.8 Å². The molecule has 1 aliphatic rings. The van der Waals surface area contributed by atoms with Gasteiger partial charge >= 0.3 is 0 Å². The third kappa shape index (κ3) is 2.48. The molecule has 0 aromatic carbocycles. The van der Waals surface area contributed by atoms with Gasteiger partial charge in [0.15, 0.2) is 0 Å². The summed E-state index contributed by atoms with van der Waals surface area (Å²) in [5.74, 6) is 0.880. The fraction of sp³-hybridized carbons (Fsp3) is 0.667. The van der Waals surface area contributed by atoms with Crippen molar-refractivity contribution in [1.29, 1.82) is 5.26 Å². The Kier molecular flexibility index (Phi) is 3.45. The van der Waals surface area contributed by atoms with Gasteiger partial charge in [-0.2, -0.15) is 5.26 Å². The summed E-state index contributed by atoms with van der Waals surface area (Å²) in [6, 6.07) is 2.38. The second kappa shape index (κ2) is 4.71. The van der Waals surface area contributed by atoms with Crippen molar-refractivity contribution >= 4 is 11.8 Å². The monoisotopic (exact) mass is 251 g/mol. The molecular formula is C12H17N3OS. The van der Waals surface area contributed by atoms with E-state index in [1.165, 1.54) is 0 Å². The number of aromatic nitrogens is 1. The van der Waals surface area contributed by atoms with E-state index < -0.39 is 0 Å². The molecule has 0 amide bonds. The maximum Gasteiger partial charge on any atom is 0.256 e. The molecule has 5 heteroatoms. The lowest BCUT2D eigenvalue weighted by Crippen LogP contribution is -2.38. The fourth-order valence-electron chi connectivity index (χ4n) is 2.12. The van der Waals surface area contributed by atoms with Gasteiger partial charge in [0.05, 0.1) is 11.8 Å². The predicted molar refractivity (Wildman–Crippen MR) is 66.9 cm³/mol. The van der Waals surface area contributed by atoms with Crippen molar-refractivity contribution in [2.45, 2.75) is 49.1 Å². The summed E-state index contributed by atoms with van der Waals surface area (Å²) in [5.41, 5.74) is 0.597. The van der Waals surface area contributed by atoms with Crippen molar-refractivity contribution in [1.82, 2.24) is 10.3 Å². The minimum Gasteiger partial charge on any atom is -0.437 e. The molecule has 0 aliphatic heterocycles. The third-order valence-corrected chi connectivity index (χ3v) is 4.55. The summed E-state index contributed by atoms with van der Waals surface area (Å²) in [6.07, 6.45) is 2.78. The zero-order valence-electron chi connectivity index (χ0n) is 10.4. The molecule has 0 spiro atoms. The number of nitrogens with one attached hydrogen (secondary N) is 1. The molecule has 92 valence electrons. The number of rotatable bonds is 3. The number of hydrogen-bond acceptors (Lipinski definition) is 5. The van der Waals surface area contributed by atoms with E-state index in [0.29, 0.717) is 5.25 Å². The first-order valence-electron chi connectivity index (χ1n) is 5.79. The highest BCUT2D eigenvalue weighted by atomic mass is 32.2. The van der Waals surface area contributed by atoms with E-state index in [2.05, 4.69) is 16.4 Å². The largest absolute Gasteiger partial charge is 0.437 e. The topological polar surface area (TPSA) is 61.9 Å². The number of thioether (sulfide) groups is 1. The first-order valence-corrected chi connectivity index (χ1v) is 6.67. The lowest BCUT2D eigenvalue weighted by atomic mass is 10.0. The van der Waals surface area contributed by atoms with Crippen molar-refractivity contribution in [2.75, 3.05) is 7.05 Å². The molecule has 1 fully saturated rings. The number of hydrogen-bond donors (Lipinski definition) is 1. The maximum atomic E-state index is 9.19. The summed E-state index contributed by atoms with van der Waals surface area (Å²) in [6.45, 7) is 3.87. The van der Waals surface area contributed by atoms with Crippen LogP contribution in [0.4, 0.5) is 0 Å². The van der Waals surface area contributed by atoms with E-state index in [1.54, 1.807) is 11.8 Å². The summed E-state index contributed by atoms with van der Waals surface area (Å²) < 4.78 is 5.56. The molecule has 1 heterocycles. The lowest BCUT2D eigenvalue weighted by Gasteiger charge is -2.19. The Morgan fingerprint density at radius 3 is 2.82 bits per heavy atom. The molecule has 2 atom stereocenters. The lowest BCUT2D eigenvalue weighted by molar-refractivity contribution is 0.429. The molecule has 2 rings (SSSR count). The third-order valence-electron chi connectivity index (χ3n) is 3.44. The highest BCUT2D eigenvalue weighted by molar-refractivity contribution is 7.99. The molecule has 1 aliphatic carbocycles. The summed E-state index contributed by atoms with van der Waals surface area (Å²) >= 11 is 1.65. The highest BCUT2D eigenvalue weighted by Gasteiger charge is 2.39. The first kappa shape index (κ1) is 12.5. The van der Waals surface area contributed by atoms with Crippen LogP contribution in [0, 0.1) is 25.2 Å². The van der Waals surface area contributed by atoms with Crippen LogP contribution in [0.1, 0.15) is 30.7 Å². The van der Waals surface area contributed by atoms with Gasteiger partial charge in [0, 0.05) is 5.25 Å². The van der Waals surface area contributed by atoms with Crippen molar-refractivity contribution in [3.63, 3.8) is 0 Å². The Morgan fingerprint density at radius 2 is 2.35 bits per heavy atom. The van der Waals surface area contributed by atoms with Crippen molar-refractivity contribution < 1.29 is 4.42 Å². The van der Waals surface area contributed by atoms with Crippen LogP contribution in [0.15, 0.2) is 9.64 Å². The smallest absolute Gasteiger partial charge is 0.256 e. The molecule has 1 saturated carbocycles. The van der Waals surface area contributed by atoms with Crippen LogP contribution < -0.4 is 5.32 Å². The second-order valence-electron chi connectivity index (χ2n) is 4.55. The second-order valence-corrected chi connectivity index (χ2v) is 5.80. The van der Waals surface area contributed by atoms with Gasteiger partial charge in [-0.3, -0.25) is 0 Å². The quantitative estimate of drug-likeness (QED) is 0.894. The Bertz CT molecular complexity index is 432. The van der Waals surface area contributed by atoms with Crippen LogP contribution in [0.25, 0.3) is 0 Å². The Hall–Kier alpha value is -0.990. The molecule has 1 aromatic heterocycles. The van der Waals surface area contributed by atoms with Crippen LogP contribution >= 0.6 is 11.8 Å². The average Bonchev–Trinajstić information content (AvgIpc) is 2.85. The summed E-state index contributed by atoms with van der Waals surface area (Å²) in [5, 5.41) is 13.5. The summed E-state index contributed by atoms with van der Waals surface area (Å²) in [4.78, 5) is 4.37. The highest BCUT2D eigenvalue weighted by Crippen LogP contribution is 2.39. The SMILES string of the molecule is CNC1(C#N)CCC(Sc2nc(C)c(C)o2)C1. The summed E-state index contributed by atoms with van der Waals surface area (Å²) in [7, 11) is 1.86. The zero-order chi connectivity index (χ0) is 12.5. The predicted octanol–water partition coefficient (Wildman–Crippen LogP) is 2.42. The van der Waals surface area contributed by atoms with E-state index in [1.807, 2.05) is 20.9 Å². The van der Waals surface area contributed by atoms with E-state index in [9.17, 15) is 5.26 Å². The van der Waals surface area contributed by atoms with E-state index in [-0.39, 0.29) is 5.54 Å². The molecule has 1 N–H and O–H groups in total. The van der Waals surface area contributed by atoms with Crippen molar-refractivity contribution in [3.8, 4) is 6.07 Å². The van der Waals surface area contributed by atoms with Crippen LogP contribution in [-0.2, 0) is 0 Å². The molecule has 2 unspecified atom stereocenters. The normalized spacial score (nSPS) is 28.2. The molecule has 4 nitrogen and oxygen atoms in total. The van der Waals surface area contributed by atoms with E-state index >= 15 is 0 Å². The van der Waals surface area contributed by atoms with Crippen LogP contribution in [0.3, 0.4) is 0 Å². The molecule has 17 heavy (non-hydrogen) atoms. The molecule has 1 aromatic rings. The van der Waals surface area contributed by atoms with Gasteiger partial charge in [-0.1, -0.05) is 11.8 Å². The van der Waals surface area contributed by atoms with Gasteiger partial charge in [-0.25, -0.2) is 4.98 Å². The first-order chi connectivity index (χ1) is 8.08. The standard InChI is InChI=1S/C12H17N3OS/c1-8-9(2)16-11(15-8)17-10-4-5-12(6-10,7-13)14-3/h10,14H,4-6H2,1-3H3. The number of oxazole rings is 1. The van der Waals surface area contributed by atoms with Gasteiger partial charge in [-0.15, -0.1) is 0 Å². The minimum atomic E-state index is -0.353. The Labute approximate surface area is 106 Å². The molecule has 0 bridgehead atoms. The molecule has 0 saturated heterocycles. The Morgan fingerprint density at radius 1 is 1.59 bits per heavy atom. The van der Waals surface area contributed by atoms with Crippen LogP contribution in [0.5, 0.6) is 0 Å². The van der Waals surface area contributed by atoms with Crippen molar-refractivity contribution in [2.24, 2.45) is 0 Å². The van der Waals surface area contributed by atoms with E-state index in [0.717, 1.165) is 35.9 Å². The number of nitriles is 1.